The predicted molar refractivity (Wildman–Crippen MR) is 122 cm³/mol. The number of nitrogens with one attached hydrogen (secondary N) is 1. The third-order valence-corrected chi connectivity index (χ3v) is 8.05. The monoisotopic (exact) mass is 462 g/mol. The highest BCUT2D eigenvalue weighted by Gasteiger charge is 2.48. The van der Waals surface area contributed by atoms with Gasteiger partial charge in [-0.1, -0.05) is 23.4 Å². The molecule has 31 heavy (non-hydrogen) atoms. The normalized spacial score (nSPS) is 22.8. The lowest BCUT2D eigenvalue weighted by Gasteiger charge is -2.42. The molecule has 0 amide bonds. The van der Waals surface area contributed by atoms with Crippen LogP contribution >= 0.6 is 23.4 Å². The molecule has 0 aromatic carbocycles. The summed E-state index contributed by atoms with van der Waals surface area (Å²) >= 11 is 7.64. The van der Waals surface area contributed by atoms with E-state index in [0.717, 1.165) is 42.3 Å². The summed E-state index contributed by atoms with van der Waals surface area (Å²) in [5.41, 5.74) is 7.13. The Bertz CT molecular complexity index is 983. The molecule has 0 aliphatic carbocycles. The van der Waals surface area contributed by atoms with Gasteiger partial charge in [0.1, 0.15) is 16.5 Å². The Morgan fingerprint density at radius 1 is 1.42 bits per heavy atom. The molecule has 2 atom stereocenters. The van der Waals surface area contributed by atoms with Crippen molar-refractivity contribution in [2.24, 2.45) is 11.3 Å². The summed E-state index contributed by atoms with van der Waals surface area (Å²) in [6, 6.07) is 1.78. The number of nitrogen functional groups attached to an aromatic ring is 1. The Hall–Kier alpha value is -1.94. The molecule has 2 aromatic heterocycles. The molecular weight excluding hydrogens is 436 g/mol. The fourth-order valence-corrected chi connectivity index (χ4v) is 5.66. The summed E-state index contributed by atoms with van der Waals surface area (Å²) in [5, 5.41) is 18.9. The van der Waals surface area contributed by atoms with Crippen LogP contribution < -0.4 is 10.6 Å². The van der Waals surface area contributed by atoms with Crippen LogP contribution in [0.2, 0.25) is 5.02 Å². The first-order valence-electron chi connectivity index (χ1n) is 10.3. The molecule has 8 nitrogen and oxygen atoms in total. The van der Waals surface area contributed by atoms with Crippen molar-refractivity contribution in [3.63, 3.8) is 0 Å². The molecule has 10 heteroatoms. The Labute approximate surface area is 191 Å². The molecule has 1 spiro atoms. The molecule has 0 radical (unpaired) electrons. The SMILES string of the molecule is Cc1nc(N2CCC3(CC2)COC(C)[C@H]3C=N)c(CO)nc1Sc1ccnc(N)c1Cl. The maximum atomic E-state index is 10.0. The number of pyridine rings is 1. The highest BCUT2D eigenvalue weighted by atomic mass is 35.5. The van der Waals surface area contributed by atoms with Gasteiger partial charge in [0.2, 0.25) is 0 Å². The number of aliphatic hydroxyl groups excluding tert-OH is 1. The van der Waals surface area contributed by atoms with Gasteiger partial charge in [-0.15, -0.1) is 0 Å². The summed E-state index contributed by atoms with van der Waals surface area (Å²) in [4.78, 5) is 16.4. The van der Waals surface area contributed by atoms with Crippen molar-refractivity contribution in [3.05, 3.63) is 28.7 Å². The molecular formula is C21H27ClN6O2S. The van der Waals surface area contributed by atoms with E-state index >= 15 is 0 Å². The molecule has 1 unspecified atom stereocenters. The van der Waals surface area contributed by atoms with Crippen molar-refractivity contribution < 1.29 is 9.84 Å². The molecule has 4 N–H and O–H groups in total. The zero-order valence-electron chi connectivity index (χ0n) is 17.6. The van der Waals surface area contributed by atoms with Crippen molar-refractivity contribution >= 4 is 41.2 Å². The van der Waals surface area contributed by atoms with Crippen molar-refractivity contribution in [1.29, 1.82) is 5.41 Å². The van der Waals surface area contributed by atoms with E-state index in [4.69, 9.17) is 37.4 Å². The van der Waals surface area contributed by atoms with Crippen LogP contribution in [0.5, 0.6) is 0 Å². The highest BCUT2D eigenvalue weighted by molar-refractivity contribution is 7.99. The van der Waals surface area contributed by atoms with E-state index in [1.807, 2.05) is 6.92 Å². The van der Waals surface area contributed by atoms with Gasteiger partial charge in [0.15, 0.2) is 5.82 Å². The fraction of sp³-hybridized carbons (Fsp3) is 0.524. The molecule has 4 heterocycles. The Morgan fingerprint density at radius 3 is 2.84 bits per heavy atom. The van der Waals surface area contributed by atoms with Gasteiger partial charge in [0.25, 0.3) is 0 Å². The first-order valence-corrected chi connectivity index (χ1v) is 11.5. The minimum Gasteiger partial charge on any atom is -0.390 e. The van der Waals surface area contributed by atoms with E-state index < -0.39 is 0 Å². The predicted octanol–water partition coefficient (Wildman–Crippen LogP) is 3.33. The van der Waals surface area contributed by atoms with Gasteiger partial charge in [-0.3, -0.25) is 0 Å². The van der Waals surface area contributed by atoms with Crippen LogP contribution in [0.1, 0.15) is 31.2 Å². The quantitative estimate of drug-likeness (QED) is 0.578. The van der Waals surface area contributed by atoms with Crippen molar-refractivity contribution in [1.82, 2.24) is 15.0 Å². The molecule has 2 aliphatic rings. The summed E-state index contributed by atoms with van der Waals surface area (Å²) in [5.74, 6) is 1.14. The Kier molecular flexibility index (Phi) is 6.39. The third kappa shape index (κ3) is 4.11. The molecule has 2 saturated heterocycles. The number of nitrogens with two attached hydrogens (primary N) is 1. The number of anilines is 2. The average molecular weight is 463 g/mol. The lowest BCUT2D eigenvalue weighted by atomic mass is 9.69. The van der Waals surface area contributed by atoms with Gasteiger partial charge in [-0.25, -0.2) is 15.0 Å². The van der Waals surface area contributed by atoms with Crippen LogP contribution in [0.25, 0.3) is 0 Å². The number of halogens is 1. The van der Waals surface area contributed by atoms with E-state index in [-0.39, 0.29) is 29.9 Å². The van der Waals surface area contributed by atoms with Gasteiger partial charge in [-0.2, -0.15) is 0 Å². The number of piperidine rings is 1. The molecule has 166 valence electrons. The first-order chi connectivity index (χ1) is 14.9. The fourth-order valence-electron chi connectivity index (χ4n) is 4.55. The highest BCUT2D eigenvalue weighted by Crippen LogP contribution is 2.46. The second-order valence-corrected chi connectivity index (χ2v) is 9.62. The van der Waals surface area contributed by atoms with Gasteiger partial charge in [-0.05, 0) is 32.8 Å². The number of aryl methyl sites for hydroxylation is 1. The lowest BCUT2D eigenvalue weighted by molar-refractivity contribution is 0.0973. The minimum atomic E-state index is -0.201. The molecule has 2 aliphatic heterocycles. The number of hydrogen-bond acceptors (Lipinski definition) is 9. The van der Waals surface area contributed by atoms with Crippen LogP contribution in [-0.2, 0) is 11.3 Å². The maximum absolute atomic E-state index is 10.0. The second kappa shape index (κ2) is 8.90. The van der Waals surface area contributed by atoms with E-state index in [1.165, 1.54) is 11.8 Å². The largest absolute Gasteiger partial charge is 0.390 e. The van der Waals surface area contributed by atoms with Crippen molar-refractivity contribution in [3.8, 4) is 0 Å². The van der Waals surface area contributed by atoms with E-state index in [1.54, 1.807) is 18.5 Å². The summed E-state index contributed by atoms with van der Waals surface area (Å²) in [6.45, 7) is 6.04. The van der Waals surface area contributed by atoms with Crippen molar-refractivity contribution in [2.45, 2.75) is 49.3 Å². The first kappa shape index (κ1) is 22.3. The summed E-state index contributed by atoms with van der Waals surface area (Å²) in [6.07, 6.45) is 5.09. The maximum Gasteiger partial charge on any atom is 0.153 e. The van der Waals surface area contributed by atoms with Crippen LogP contribution in [0.4, 0.5) is 11.6 Å². The number of nitrogens with zero attached hydrogens (tertiary/aromatic N) is 4. The number of rotatable bonds is 5. The van der Waals surface area contributed by atoms with Crippen LogP contribution in [0.15, 0.2) is 22.2 Å². The van der Waals surface area contributed by atoms with Crippen molar-refractivity contribution in [2.75, 3.05) is 30.3 Å². The van der Waals surface area contributed by atoms with Crippen LogP contribution in [0, 0.1) is 23.7 Å². The Morgan fingerprint density at radius 2 is 2.16 bits per heavy atom. The molecule has 0 saturated carbocycles. The van der Waals surface area contributed by atoms with Gasteiger partial charge >= 0.3 is 0 Å². The van der Waals surface area contributed by atoms with E-state index in [0.29, 0.717) is 22.3 Å². The van der Waals surface area contributed by atoms with Gasteiger partial charge in [0, 0.05) is 41.7 Å². The van der Waals surface area contributed by atoms with Gasteiger partial charge < -0.3 is 25.9 Å². The minimum absolute atomic E-state index is 0.0212. The number of aromatic nitrogens is 3. The third-order valence-electron chi connectivity index (χ3n) is 6.40. The topological polar surface area (TPSA) is 121 Å². The Balaban J connectivity index is 1.55. The summed E-state index contributed by atoms with van der Waals surface area (Å²) < 4.78 is 5.88. The zero-order valence-corrected chi connectivity index (χ0v) is 19.2. The van der Waals surface area contributed by atoms with Crippen LogP contribution in [-0.4, -0.2) is 52.1 Å². The number of aliphatic hydroxyl groups is 1. The molecule has 2 aromatic rings. The van der Waals surface area contributed by atoms with E-state index in [2.05, 4.69) is 16.8 Å². The smallest absolute Gasteiger partial charge is 0.153 e. The van der Waals surface area contributed by atoms with Gasteiger partial charge in [0.05, 0.1) is 30.0 Å². The average Bonchev–Trinajstić information content (AvgIpc) is 3.07. The standard InChI is InChI=1S/C21H27ClN6O2S/c1-12-20(31-16-3-6-25-18(24)17(16)22)27-15(10-29)19(26-12)28-7-4-21(5-8-28)11-30-13(2)14(21)9-23/h3,6,9,13-14,23,29H,4-5,7-8,10-11H2,1-2H3,(H2,24,25)/t13?,14-/m1/s1. The summed E-state index contributed by atoms with van der Waals surface area (Å²) in [7, 11) is 0. The zero-order chi connectivity index (χ0) is 22.2. The van der Waals surface area contributed by atoms with E-state index in [9.17, 15) is 5.11 Å². The number of hydrogen-bond donors (Lipinski definition) is 3. The number of ether oxygens (including phenoxy) is 1. The molecule has 4 rings (SSSR count). The van der Waals surface area contributed by atoms with Crippen LogP contribution in [0.3, 0.4) is 0 Å². The lowest BCUT2D eigenvalue weighted by Crippen LogP contribution is -2.45. The molecule has 0 bridgehead atoms. The molecule has 2 fully saturated rings. The second-order valence-electron chi connectivity index (χ2n) is 8.21.